The molecule has 0 aromatic carbocycles. The van der Waals surface area contributed by atoms with E-state index >= 15 is 0 Å². The van der Waals surface area contributed by atoms with Gasteiger partial charge in [-0.25, -0.2) is 4.79 Å². The van der Waals surface area contributed by atoms with E-state index in [0.717, 1.165) is 18.4 Å². The number of nitrogens with one attached hydrogen (secondary N) is 1. The molecule has 21 heavy (non-hydrogen) atoms. The molecule has 8 heteroatoms. The summed E-state index contributed by atoms with van der Waals surface area (Å²) >= 11 is 3.00. The Labute approximate surface area is 128 Å². The summed E-state index contributed by atoms with van der Waals surface area (Å²) in [6, 6.07) is 1.63. The molecule has 4 rings (SSSR count). The number of nitrogens with zero attached hydrogens (tertiary/aromatic N) is 3. The van der Waals surface area contributed by atoms with E-state index in [2.05, 4.69) is 15.5 Å². The molecule has 0 saturated carbocycles. The molecule has 0 radical (unpaired) electrons. The third kappa shape index (κ3) is 1.82. The van der Waals surface area contributed by atoms with Crippen LogP contribution < -0.4 is 5.32 Å². The normalized spacial score (nSPS) is 24.5. The molecule has 1 fully saturated rings. The van der Waals surface area contributed by atoms with Crippen LogP contribution >= 0.6 is 22.7 Å². The first-order valence-corrected chi connectivity index (χ1v) is 8.43. The molecule has 3 heterocycles. The summed E-state index contributed by atoms with van der Waals surface area (Å²) in [5.74, 6) is -0.165. The van der Waals surface area contributed by atoms with Gasteiger partial charge in [-0.1, -0.05) is 0 Å². The molecule has 1 aliphatic heterocycles. The van der Waals surface area contributed by atoms with Gasteiger partial charge in [0.25, 0.3) is 5.91 Å². The summed E-state index contributed by atoms with van der Waals surface area (Å²) in [5, 5.41) is 13.2. The highest BCUT2D eigenvalue weighted by molar-refractivity contribution is 7.10. The van der Waals surface area contributed by atoms with Crippen molar-refractivity contribution in [3.05, 3.63) is 32.4 Å². The van der Waals surface area contributed by atoms with Crippen molar-refractivity contribution < 1.29 is 9.59 Å². The summed E-state index contributed by atoms with van der Waals surface area (Å²) in [4.78, 5) is 27.6. The lowest BCUT2D eigenvalue weighted by atomic mass is 9.80. The predicted molar refractivity (Wildman–Crippen MR) is 77.9 cm³/mol. The second kappa shape index (κ2) is 4.60. The number of amides is 3. The van der Waals surface area contributed by atoms with Gasteiger partial charge in [-0.15, -0.1) is 32.9 Å². The predicted octanol–water partition coefficient (Wildman–Crippen LogP) is 1.88. The van der Waals surface area contributed by atoms with E-state index in [-0.39, 0.29) is 18.5 Å². The average Bonchev–Trinajstić information content (AvgIpc) is 3.18. The van der Waals surface area contributed by atoms with Gasteiger partial charge >= 0.3 is 6.03 Å². The van der Waals surface area contributed by atoms with Crippen molar-refractivity contribution in [1.29, 1.82) is 0 Å². The molecule has 1 aliphatic carbocycles. The van der Waals surface area contributed by atoms with Gasteiger partial charge in [-0.2, -0.15) is 0 Å². The Morgan fingerprint density at radius 2 is 2.29 bits per heavy atom. The third-order valence-corrected chi connectivity index (χ3v) is 5.70. The van der Waals surface area contributed by atoms with Crippen LogP contribution in [0.25, 0.3) is 0 Å². The highest BCUT2D eigenvalue weighted by Crippen LogP contribution is 2.42. The number of aromatic nitrogens is 2. The summed E-state index contributed by atoms with van der Waals surface area (Å²) in [6.45, 7) is 0.191. The van der Waals surface area contributed by atoms with Crippen LogP contribution in [0.4, 0.5) is 4.79 Å². The van der Waals surface area contributed by atoms with E-state index in [1.54, 1.807) is 16.8 Å². The molecular formula is C13H12N4O2S2. The SMILES string of the molecule is O=C1NC2(CCCc3sccc32)C(=O)N1Cc1nncs1. The molecule has 1 N–H and O–H groups in total. The van der Waals surface area contributed by atoms with E-state index < -0.39 is 5.54 Å². The van der Waals surface area contributed by atoms with Crippen LogP contribution in [0.1, 0.15) is 28.3 Å². The van der Waals surface area contributed by atoms with Crippen molar-refractivity contribution >= 4 is 34.6 Å². The van der Waals surface area contributed by atoms with Gasteiger partial charge in [-0.3, -0.25) is 9.69 Å². The first-order valence-electron chi connectivity index (χ1n) is 6.67. The van der Waals surface area contributed by atoms with Crippen LogP contribution in [0.2, 0.25) is 0 Å². The number of carbonyl (C=O) groups is 2. The monoisotopic (exact) mass is 320 g/mol. The quantitative estimate of drug-likeness (QED) is 0.857. The number of aryl methyl sites for hydroxylation is 1. The van der Waals surface area contributed by atoms with Crippen LogP contribution in [0.15, 0.2) is 17.0 Å². The van der Waals surface area contributed by atoms with Gasteiger partial charge < -0.3 is 5.32 Å². The Hall–Kier alpha value is -1.80. The maximum atomic E-state index is 12.9. The van der Waals surface area contributed by atoms with E-state index in [4.69, 9.17) is 0 Å². The molecule has 2 aromatic rings. The molecule has 1 unspecified atom stereocenters. The van der Waals surface area contributed by atoms with Crippen molar-refractivity contribution in [2.75, 3.05) is 0 Å². The minimum atomic E-state index is -0.866. The van der Waals surface area contributed by atoms with E-state index in [9.17, 15) is 9.59 Å². The van der Waals surface area contributed by atoms with Crippen LogP contribution in [-0.2, 0) is 23.3 Å². The molecule has 1 spiro atoms. The standard InChI is InChI=1S/C13H12N4O2S2/c18-11-13(4-1-2-9-8(13)3-5-20-9)15-12(19)17(11)6-10-16-14-7-21-10/h3,5,7H,1-2,4,6H2,(H,15,19). The molecule has 108 valence electrons. The lowest BCUT2D eigenvalue weighted by Crippen LogP contribution is -2.46. The molecule has 2 aliphatic rings. The van der Waals surface area contributed by atoms with Crippen LogP contribution in [0.5, 0.6) is 0 Å². The largest absolute Gasteiger partial charge is 0.325 e. The van der Waals surface area contributed by atoms with Gasteiger partial charge in [0.1, 0.15) is 16.1 Å². The van der Waals surface area contributed by atoms with E-state index in [1.165, 1.54) is 21.1 Å². The second-order valence-electron chi connectivity index (χ2n) is 5.17. The summed E-state index contributed by atoms with van der Waals surface area (Å²) in [5.41, 5.74) is 1.70. The average molecular weight is 320 g/mol. The molecule has 3 amide bonds. The fourth-order valence-corrected chi connectivity index (χ4v) is 4.60. The fraction of sp³-hybridized carbons (Fsp3) is 0.385. The molecule has 0 bridgehead atoms. The van der Waals surface area contributed by atoms with Crippen LogP contribution in [0.3, 0.4) is 0 Å². The van der Waals surface area contributed by atoms with E-state index in [1.807, 2.05) is 11.4 Å². The highest BCUT2D eigenvalue weighted by atomic mass is 32.1. The van der Waals surface area contributed by atoms with Crippen LogP contribution in [-0.4, -0.2) is 27.0 Å². The number of fused-ring (bicyclic) bond motifs is 2. The molecular weight excluding hydrogens is 308 g/mol. The van der Waals surface area contributed by atoms with Crippen molar-refractivity contribution in [1.82, 2.24) is 20.4 Å². The van der Waals surface area contributed by atoms with E-state index in [0.29, 0.717) is 11.4 Å². The number of urea groups is 1. The lowest BCUT2D eigenvalue weighted by molar-refractivity contribution is -0.132. The fourth-order valence-electron chi connectivity index (χ4n) is 3.09. The Morgan fingerprint density at radius 3 is 3.10 bits per heavy atom. The highest BCUT2D eigenvalue weighted by Gasteiger charge is 2.54. The molecule has 1 saturated heterocycles. The lowest BCUT2D eigenvalue weighted by Gasteiger charge is -2.31. The molecule has 6 nitrogen and oxygen atoms in total. The molecule has 2 aromatic heterocycles. The Kier molecular flexibility index (Phi) is 2.83. The van der Waals surface area contributed by atoms with Crippen molar-refractivity contribution in [2.24, 2.45) is 0 Å². The minimum absolute atomic E-state index is 0.165. The first-order chi connectivity index (χ1) is 10.2. The summed E-state index contributed by atoms with van der Waals surface area (Å²) in [7, 11) is 0. The Balaban J connectivity index is 1.71. The zero-order valence-corrected chi connectivity index (χ0v) is 12.7. The maximum Gasteiger partial charge on any atom is 0.325 e. The van der Waals surface area contributed by atoms with Gasteiger partial charge in [0, 0.05) is 10.4 Å². The smallest absolute Gasteiger partial charge is 0.319 e. The maximum absolute atomic E-state index is 12.9. The number of imide groups is 1. The third-order valence-electron chi connectivity index (χ3n) is 4.04. The first kappa shape index (κ1) is 12.9. The Bertz CT molecular complexity index is 712. The summed E-state index contributed by atoms with van der Waals surface area (Å²) < 4.78 is 0. The number of hydrogen-bond donors (Lipinski definition) is 1. The minimum Gasteiger partial charge on any atom is -0.319 e. The van der Waals surface area contributed by atoms with Gasteiger partial charge in [0.15, 0.2) is 0 Å². The van der Waals surface area contributed by atoms with Crippen molar-refractivity contribution in [3.8, 4) is 0 Å². The van der Waals surface area contributed by atoms with Crippen LogP contribution in [0, 0.1) is 0 Å². The molecule has 1 atom stereocenters. The van der Waals surface area contributed by atoms with Crippen molar-refractivity contribution in [3.63, 3.8) is 0 Å². The number of hydrogen-bond acceptors (Lipinski definition) is 6. The number of carbonyl (C=O) groups excluding carboxylic acids is 2. The van der Waals surface area contributed by atoms with Gasteiger partial charge in [0.2, 0.25) is 0 Å². The zero-order chi connectivity index (χ0) is 14.4. The zero-order valence-electron chi connectivity index (χ0n) is 11.0. The number of thiophene rings is 1. The topological polar surface area (TPSA) is 75.2 Å². The second-order valence-corrected chi connectivity index (χ2v) is 7.09. The summed E-state index contributed by atoms with van der Waals surface area (Å²) in [6.07, 6.45) is 2.55. The number of rotatable bonds is 2. The Morgan fingerprint density at radius 1 is 1.38 bits per heavy atom. The van der Waals surface area contributed by atoms with Gasteiger partial charge in [0.05, 0.1) is 6.54 Å². The van der Waals surface area contributed by atoms with Gasteiger partial charge in [-0.05, 0) is 30.7 Å². The van der Waals surface area contributed by atoms with Crippen molar-refractivity contribution in [2.45, 2.75) is 31.3 Å².